The first-order valence-electron chi connectivity index (χ1n) is 14.1. The summed E-state index contributed by atoms with van der Waals surface area (Å²) in [7, 11) is -0.953. The Kier molecular flexibility index (Phi) is 8.17. The highest BCUT2D eigenvalue weighted by atomic mass is 32.1. The summed E-state index contributed by atoms with van der Waals surface area (Å²) in [4.78, 5) is 29.4. The molecule has 1 aliphatic carbocycles. The average Bonchev–Trinajstić information content (AvgIpc) is 3.48. The second-order valence-electron chi connectivity index (χ2n) is 11.4. The van der Waals surface area contributed by atoms with Crippen molar-refractivity contribution in [2.75, 3.05) is 0 Å². The number of aromatic hydroxyl groups is 1. The van der Waals surface area contributed by atoms with Crippen molar-refractivity contribution in [1.82, 2.24) is 4.90 Å². The smallest absolute Gasteiger partial charge is 0.455 e. The monoisotopic (exact) mass is 547 g/mol. The summed E-state index contributed by atoms with van der Waals surface area (Å²) in [5.74, 6) is -0.803. The second-order valence-corrected chi connectivity index (χ2v) is 12.5. The quantitative estimate of drug-likeness (QED) is 0.239. The van der Waals surface area contributed by atoms with E-state index >= 15 is 0 Å². The van der Waals surface area contributed by atoms with Crippen LogP contribution >= 0.6 is 11.3 Å². The van der Waals surface area contributed by atoms with Gasteiger partial charge in [0, 0.05) is 4.88 Å². The number of amides is 2. The number of likely N-dealkylation sites (tertiary alicyclic amines) is 1. The van der Waals surface area contributed by atoms with Gasteiger partial charge in [-0.05, 0) is 105 Å². The van der Waals surface area contributed by atoms with Gasteiger partial charge in [-0.2, -0.15) is 0 Å². The van der Waals surface area contributed by atoms with Gasteiger partial charge in [0.15, 0.2) is 0 Å². The number of phenolic OH excluding ortho intramolecular Hbond substituents is 1. The summed E-state index contributed by atoms with van der Waals surface area (Å²) in [5, 5.41) is 22.9. The third-order valence-corrected chi connectivity index (χ3v) is 9.48. The summed E-state index contributed by atoms with van der Waals surface area (Å²) in [6.07, 6.45) is 6.32. The Labute approximate surface area is 235 Å². The van der Waals surface area contributed by atoms with Gasteiger partial charge in [0.05, 0.1) is 24.5 Å². The Morgan fingerprint density at radius 3 is 2.56 bits per heavy atom. The first-order valence-corrected chi connectivity index (χ1v) is 15.0. The number of nitrogens with zero attached hydrogens (tertiary/aromatic N) is 1. The number of hydrogen-bond donors (Lipinski definition) is 2. The van der Waals surface area contributed by atoms with Gasteiger partial charge in [0.1, 0.15) is 5.75 Å². The fourth-order valence-corrected chi connectivity index (χ4v) is 7.61. The molecule has 0 unspecified atom stereocenters. The maximum Gasteiger partial charge on any atom is 0.455 e. The molecule has 2 saturated heterocycles. The summed E-state index contributed by atoms with van der Waals surface area (Å²) in [6.45, 7) is 8.39. The fourth-order valence-electron chi connectivity index (χ4n) is 6.91. The van der Waals surface area contributed by atoms with E-state index in [0.717, 1.165) is 52.0 Å². The molecular weight excluding hydrogens is 509 g/mol. The Balaban J connectivity index is 1.37. The topological polar surface area (TPSA) is 87.1 Å². The van der Waals surface area contributed by atoms with Crippen molar-refractivity contribution >= 4 is 36.3 Å². The largest absolute Gasteiger partial charge is 0.507 e. The van der Waals surface area contributed by atoms with Gasteiger partial charge in [-0.3, -0.25) is 14.5 Å². The van der Waals surface area contributed by atoms with E-state index in [1.165, 1.54) is 10.5 Å². The van der Waals surface area contributed by atoms with Crippen LogP contribution in [0, 0.1) is 31.6 Å². The molecule has 2 amide bonds. The molecule has 0 saturated carbocycles. The van der Waals surface area contributed by atoms with Crippen LogP contribution in [0.5, 0.6) is 5.75 Å². The molecule has 0 bridgehead atoms. The Bertz CT molecular complexity index is 1290. The SMILES string of the molecule is CCC/C(=C\c1cc(C)c(O)c(C)c1)CC[C@H]1OB(O)C[C@H]2C1=C(C)C[C@H]1C(=O)N(Cc3cccs3)C(=O)[C@H]12. The molecule has 206 valence electrons. The molecule has 39 heavy (non-hydrogen) atoms. The number of phenols is 1. The highest BCUT2D eigenvalue weighted by molar-refractivity contribution is 7.09. The van der Waals surface area contributed by atoms with E-state index in [-0.39, 0.29) is 29.8 Å². The van der Waals surface area contributed by atoms with Crippen LogP contribution in [0.4, 0.5) is 0 Å². The van der Waals surface area contributed by atoms with Gasteiger partial charge in [-0.15, -0.1) is 11.3 Å². The molecule has 8 heteroatoms. The van der Waals surface area contributed by atoms with Crippen molar-refractivity contribution in [1.29, 1.82) is 0 Å². The van der Waals surface area contributed by atoms with E-state index in [9.17, 15) is 19.7 Å². The van der Waals surface area contributed by atoms with Crippen LogP contribution in [-0.2, 0) is 20.8 Å². The summed E-state index contributed by atoms with van der Waals surface area (Å²) < 4.78 is 6.11. The molecule has 3 heterocycles. The lowest BCUT2D eigenvalue weighted by Gasteiger charge is -2.42. The Morgan fingerprint density at radius 1 is 1.15 bits per heavy atom. The third kappa shape index (κ3) is 5.52. The molecule has 0 spiro atoms. The van der Waals surface area contributed by atoms with Gasteiger partial charge in [0.2, 0.25) is 11.8 Å². The first-order chi connectivity index (χ1) is 18.7. The lowest BCUT2D eigenvalue weighted by molar-refractivity contribution is -0.140. The zero-order chi connectivity index (χ0) is 27.8. The predicted octanol–water partition coefficient (Wildman–Crippen LogP) is 6.05. The van der Waals surface area contributed by atoms with E-state index in [2.05, 4.69) is 19.9 Å². The lowest BCUT2D eigenvalue weighted by Crippen LogP contribution is -2.46. The number of hydrogen-bond acceptors (Lipinski definition) is 6. The Hall–Kier alpha value is -2.68. The number of imide groups is 1. The van der Waals surface area contributed by atoms with Crippen LogP contribution in [0.2, 0.25) is 6.32 Å². The van der Waals surface area contributed by atoms with E-state index in [1.54, 1.807) is 11.3 Å². The highest BCUT2D eigenvalue weighted by Crippen LogP contribution is 2.50. The summed E-state index contributed by atoms with van der Waals surface area (Å²) in [6, 6.07) is 7.91. The van der Waals surface area contributed by atoms with E-state index in [4.69, 9.17) is 4.65 Å². The number of benzene rings is 1. The van der Waals surface area contributed by atoms with Crippen LogP contribution in [-0.4, -0.2) is 40.1 Å². The molecule has 4 atom stereocenters. The molecule has 3 aliphatic rings. The maximum absolute atomic E-state index is 13.6. The first kappa shape index (κ1) is 27.9. The van der Waals surface area contributed by atoms with Crippen LogP contribution < -0.4 is 0 Å². The minimum absolute atomic E-state index is 0.0815. The van der Waals surface area contributed by atoms with Crippen molar-refractivity contribution in [3.05, 3.63) is 67.9 Å². The van der Waals surface area contributed by atoms with Gasteiger partial charge >= 0.3 is 7.12 Å². The average molecular weight is 548 g/mol. The van der Waals surface area contributed by atoms with Crippen LogP contribution in [0.25, 0.3) is 6.08 Å². The molecule has 2 aliphatic heterocycles. The second kappa shape index (κ2) is 11.4. The number of carbonyl (C=O) groups is 2. The van der Waals surface area contributed by atoms with Crippen LogP contribution in [0.1, 0.15) is 67.5 Å². The zero-order valence-electron chi connectivity index (χ0n) is 23.3. The molecule has 2 N–H and O–H groups in total. The summed E-state index contributed by atoms with van der Waals surface area (Å²) >= 11 is 1.55. The van der Waals surface area contributed by atoms with Crippen molar-refractivity contribution in [2.24, 2.45) is 17.8 Å². The van der Waals surface area contributed by atoms with Crippen molar-refractivity contribution in [3.63, 3.8) is 0 Å². The molecule has 5 rings (SSSR count). The predicted molar refractivity (Wildman–Crippen MR) is 155 cm³/mol. The number of aryl methyl sites for hydroxylation is 2. The molecule has 1 aromatic carbocycles. The van der Waals surface area contributed by atoms with Gasteiger partial charge in [0.25, 0.3) is 0 Å². The van der Waals surface area contributed by atoms with Gasteiger partial charge in [-0.1, -0.05) is 36.6 Å². The molecule has 2 aromatic rings. The molecule has 6 nitrogen and oxygen atoms in total. The minimum atomic E-state index is -0.953. The van der Waals surface area contributed by atoms with E-state index in [0.29, 0.717) is 31.5 Å². The maximum atomic E-state index is 13.6. The molecular formula is C31H38BNO5S. The van der Waals surface area contributed by atoms with Gasteiger partial charge < -0.3 is 14.8 Å². The number of allylic oxidation sites excluding steroid dienone is 2. The van der Waals surface area contributed by atoms with Crippen molar-refractivity contribution in [2.45, 2.75) is 78.8 Å². The highest BCUT2D eigenvalue weighted by Gasteiger charge is 2.56. The normalized spacial score (nSPS) is 25.4. The number of carbonyl (C=O) groups excluding carboxylic acids is 2. The third-order valence-electron chi connectivity index (χ3n) is 8.62. The fraction of sp³-hybridized carbons (Fsp3) is 0.484. The van der Waals surface area contributed by atoms with E-state index in [1.807, 2.05) is 43.5 Å². The summed E-state index contributed by atoms with van der Waals surface area (Å²) in [5.41, 5.74) is 6.34. The number of thiophene rings is 1. The van der Waals surface area contributed by atoms with Crippen molar-refractivity contribution < 1.29 is 24.4 Å². The zero-order valence-corrected chi connectivity index (χ0v) is 24.1. The standard InChI is InChI=1S/C31H38BNO5S/c1-5-7-21(15-22-12-19(3)29(34)20(4)13-22)9-10-26-27-18(2)14-24-28(25(27)16-32(37)38-26)31(36)33(30(24)35)17-23-8-6-11-39-23/h6,8,11-13,15,24-26,28,34,37H,5,7,9-10,14,16-17H2,1-4H3/b21-15+/t24-,25+,26-,28-/m1/s1. The molecule has 0 radical (unpaired) electrons. The number of rotatable bonds is 8. The number of fused-ring (bicyclic) bond motifs is 3. The minimum Gasteiger partial charge on any atom is -0.507 e. The van der Waals surface area contributed by atoms with Crippen LogP contribution in [0.15, 0.2) is 46.4 Å². The van der Waals surface area contributed by atoms with Crippen LogP contribution in [0.3, 0.4) is 0 Å². The van der Waals surface area contributed by atoms with Gasteiger partial charge in [-0.25, -0.2) is 0 Å². The van der Waals surface area contributed by atoms with E-state index < -0.39 is 13.0 Å². The molecule has 2 fully saturated rings. The molecule has 1 aromatic heterocycles. The Morgan fingerprint density at radius 2 is 1.90 bits per heavy atom. The lowest BCUT2D eigenvalue weighted by atomic mass is 9.58. The van der Waals surface area contributed by atoms with Crippen molar-refractivity contribution in [3.8, 4) is 5.75 Å².